The second-order valence-corrected chi connectivity index (χ2v) is 13.2. The Balaban J connectivity index is 1.28. The SMILES string of the molecule is c1ccc(-c2nc(-c3ccccc3)nc(-c3cc(-n4c5ccc6ccccc6c5c5c6ccccc6ccc54)c4c(c3)oc3ccccc34)n2)cc1. The Labute approximate surface area is 298 Å². The van der Waals surface area contributed by atoms with Crippen LogP contribution in [0, 0.1) is 0 Å². The Morgan fingerprint density at radius 2 is 0.846 bits per heavy atom. The average Bonchev–Trinajstić information content (AvgIpc) is 3.77. The summed E-state index contributed by atoms with van der Waals surface area (Å²) in [5, 5.41) is 9.43. The number of nitrogens with zero attached hydrogens (tertiary/aromatic N) is 4. The fourth-order valence-corrected chi connectivity index (χ4v) is 7.88. The van der Waals surface area contributed by atoms with E-state index in [-0.39, 0.29) is 0 Å². The number of benzene rings is 8. The van der Waals surface area contributed by atoms with E-state index in [9.17, 15) is 0 Å². The smallest absolute Gasteiger partial charge is 0.164 e. The van der Waals surface area contributed by atoms with Gasteiger partial charge in [0, 0.05) is 32.8 Å². The Hall–Kier alpha value is -7.11. The van der Waals surface area contributed by atoms with Crippen molar-refractivity contribution in [3.8, 4) is 39.9 Å². The van der Waals surface area contributed by atoms with Crippen LogP contribution < -0.4 is 0 Å². The van der Waals surface area contributed by atoms with E-state index >= 15 is 0 Å². The Kier molecular flexibility index (Phi) is 6.18. The van der Waals surface area contributed by atoms with E-state index in [1.807, 2.05) is 72.8 Å². The molecule has 0 atom stereocenters. The summed E-state index contributed by atoms with van der Waals surface area (Å²) in [6, 6.07) is 59.1. The molecule has 0 amide bonds. The van der Waals surface area contributed by atoms with Gasteiger partial charge in [0.2, 0.25) is 0 Å². The van der Waals surface area contributed by atoms with Gasteiger partial charge < -0.3 is 8.98 Å². The van der Waals surface area contributed by atoms with Crippen molar-refractivity contribution in [2.24, 2.45) is 0 Å². The first kappa shape index (κ1) is 28.7. The fourth-order valence-electron chi connectivity index (χ4n) is 7.88. The van der Waals surface area contributed by atoms with Gasteiger partial charge in [-0.2, -0.15) is 0 Å². The number of aromatic nitrogens is 4. The molecule has 11 aromatic rings. The van der Waals surface area contributed by atoms with E-state index in [1.165, 1.54) is 32.3 Å². The third-order valence-corrected chi connectivity index (χ3v) is 10.2. The lowest BCUT2D eigenvalue weighted by atomic mass is 10.00. The predicted octanol–water partition coefficient (Wildman–Crippen LogP) is 12.2. The maximum atomic E-state index is 6.66. The lowest BCUT2D eigenvalue weighted by Gasteiger charge is -2.13. The normalized spacial score (nSPS) is 11.8. The van der Waals surface area contributed by atoms with Crippen LogP contribution in [0.1, 0.15) is 0 Å². The second-order valence-electron chi connectivity index (χ2n) is 13.2. The lowest BCUT2D eigenvalue weighted by Crippen LogP contribution is -2.01. The largest absolute Gasteiger partial charge is 0.456 e. The van der Waals surface area contributed by atoms with Crippen LogP contribution in [0.25, 0.3) is 105 Å². The number of hydrogen-bond acceptors (Lipinski definition) is 4. The van der Waals surface area contributed by atoms with E-state index in [4.69, 9.17) is 19.4 Å². The first-order valence-electron chi connectivity index (χ1n) is 17.5. The minimum atomic E-state index is 0.577. The van der Waals surface area contributed by atoms with E-state index < -0.39 is 0 Å². The molecule has 0 bridgehead atoms. The minimum Gasteiger partial charge on any atom is -0.456 e. The molecule has 0 aliphatic carbocycles. The molecule has 5 heteroatoms. The summed E-state index contributed by atoms with van der Waals surface area (Å²) in [7, 11) is 0. The first-order valence-corrected chi connectivity index (χ1v) is 17.5. The summed E-state index contributed by atoms with van der Waals surface area (Å²) in [5.74, 6) is 1.81. The lowest BCUT2D eigenvalue weighted by molar-refractivity contribution is 0.669. The molecule has 242 valence electrons. The van der Waals surface area contributed by atoms with Gasteiger partial charge in [-0.25, -0.2) is 15.0 Å². The van der Waals surface area contributed by atoms with Crippen LogP contribution in [-0.4, -0.2) is 19.5 Å². The van der Waals surface area contributed by atoms with Gasteiger partial charge in [0.15, 0.2) is 17.5 Å². The Bertz CT molecular complexity index is 3030. The number of rotatable bonds is 4. The Morgan fingerprint density at radius 1 is 0.365 bits per heavy atom. The highest BCUT2D eigenvalue weighted by atomic mass is 16.3. The fraction of sp³-hybridized carbons (Fsp3) is 0. The molecule has 11 rings (SSSR count). The van der Waals surface area contributed by atoms with Crippen molar-refractivity contribution in [2.75, 3.05) is 0 Å². The molecular weight excluding hydrogens is 637 g/mol. The van der Waals surface area contributed by atoms with Gasteiger partial charge in [-0.05, 0) is 51.9 Å². The molecule has 0 spiro atoms. The van der Waals surface area contributed by atoms with Crippen molar-refractivity contribution >= 4 is 65.3 Å². The number of furan rings is 1. The maximum absolute atomic E-state index is 6.66. The highest BCUT2D eigenvalue weighted by Gasteiger charge is 2.23. The van der Waals surface area contributed by atoms with Gasteiger partial charge in [-0.1, -0.05) is 140 Å². The van der Waals surface area contributed by atoms with Gasteiger partial charge in [-0.3, -0.25) is 0 Å². The predicted molar refractivity (Wildman–Crippen MR) is 213 cm³/mol. The summed E-state index contributed by atoms with van der Waals surface area (Å²) < 4.78 is 9.07. The zero-order valence-electron chi connectivity index (χ0n) is 27.9. The molecule has 0 N–H and O–H groups in total. The van der Waals surface area contributed by atoms with Crippen molar-refractivity contribution in [1.29, 1.82) is 0 Å². The highest BCUT2D eigenvalue weighted by molar-refractivity contribution is 6.29. The van der Waals surface area contributed by atoms with Crippen LogP contribution >= 0.6 is 0 Å². The Morgan fingerprint density at radius 3 is 1.42 bits per heavy atom. The quantitative estimate of drug-likeness (QED) is 0.188. The molecule has 52 heavy (non-hydrogen) atoms. The molecule has 0 radical (unpaired) electrons. The van der Waals surface area contributed by atoms with Crippen LogP contribution in [0.3, 0.4) is 0 Å². The minimum absolute atomic E-state index is 0.577. The van der Waals surface area contributed by atoms with Crippen molar-refractivity contribution in [2.45, 2.75) is 0 Å². The van der Waals surface area contributed by atoms with Crippen LogP contribution in [0.15, 0.2) is 174 Å². The molecule has 3 aromatic heterocycles. The summed E-state index contributed by atoms with van der Waals surface area (Å²) in [6.07, 6.45) is 0. The van der Waals surface area contributed by atoms with Gasteiger partial charge in [0.25, 0.3) is 0 Å². The molecule has 0 saturated heterocycles. The number of para-hydroxylation sites is 1. The standard InChI is InChI=1S/C47H28N4O/c1-3-15-31(16-4-1)45-48-46(32-17-5-2-6-18-32)50-47(49-45)33-27-39(42-36-21-11-12-22-40(36)52-41(42)28-33)51-37-25-23-29-13-7-9-19-34(29)43(37)44-35-20-10-8-14-30(35)24-26-38(44)51/h1-28H. The molecule has 0 aliphatic rings. The van der Waals surface area contributed by atoms with E-state index in [1.54, 1.807) is 0 Å². The van der Waals surface area contributed by atoms with Crippen molar-refractivity contribution in [1.82, 2.24) is 19.5 Å². The average molecular weight is 665 g/mol. The maximum Gasteiger partial charge on any atom is 0.164 e. The summed E-state index contributed by atoms with van der Waals surface area (Å²) >= 11 is 0. The molecule has 5 nitrogen and oxygen atoms in total. The van der Waals surface area contributed by atoms with Crippen LogP contribution in [-0.2, 0) is 0 Å². The zero-order chi connectivity index (χ0) is 34.2. The van der Waals surface area contributed by atoms with Crippen molar-refractivity contribution in [3.63, 3.8) is 0 Å². The molecule has 0 saturated carbocycles. The van der Waals surface area contributed by atoms with E-state index in [0.29, 0.717) is 17.5 Å². The van der Waals surface area contributed by atoms with Gasteiger partial charge in [0.1, 0.15) is 11.2 Å². The van der Waals surface area contributed by atoms with Gasteiger partial charge in [0.05, 0.1) is 22.1 Å². The molecule has 8 aromatic carbocycles. The molecule has 0 fully saturated rings. The van der Waals surface area contributed by atoms with Crippen LogP contribution in [0.2, 0.25) is 0 Å². The third kappa shape index (κ3) is 4.33. The number of fused-ring (bicyclic) bond motifs is 10. The monoisotopic (exact) mass is 664 g/mol. The zero-order valence-corrected chi connectivity index (χ0v) is 27.9. The summed E-state index contributed by atoms with van der Waals surface area (Å²) in [6.45, 7) is 0. The topological polar surface area (TPSA) is 56.7 Å². The summed E-state index contributed by atoms with van der Waals surface area (Å²) in [5.41, 5.74) is 7.55. The van der Waals surface area contributed by atoms with Crippen molar-refractivity contribution in [3.05, 3.63) is 170 Å². The van der Waals surface area contributed by atoms with Crippen LogP contribution in [0.5, 0.6) is 0 Å². The molecule has 0 aliphatic heterocycles. The van der Waals surface area contributed by atoms with Gasteiger partial charge >= 0.3 is 0 Å². The molecule has 3 heterocycles. The van der Waals surface area contributed by atoms with Crippen LogP contribution in [0.4, 0.5) is 0 Å². The first-order chi connectivity index (χ1) is 25.8. The van der Waals surface area contributed by atoms with E-state index in [2.05, 4.69) is 102 Å². The highest BCUT2D eigenvalue weighted by Crippen LogP contribution is 2.44. The summed E-state index contributed by atoms with van der Waals surface area (Å²) in [4.78, 5) is 15.2. The number of hydrogen-bond donors (Lipinski definition) is 0. The van der Waals surface area contributed by atoms with E-state index in [0.717, 1.165) is 55.3 Å². The van der Waals surface area contributed by atoms with Crippen molar-refractivity contribution < 1.29 is 4.42 Å². The third-order valence-electron chi connectivity index (χ3n) is 10.2. The molecular formula is C47H28N4O. The second kappa shape index (κ2) is 11.2. The molecule has 0 unspecified atom stereocenters. The van der Waals surface area contributed by atoms with Gasteiger partial charge in [-0.15, -0.1) is 0 Å².